The average molecular weight is 901 g/mol. The van der Waals surface area contributed by atoms with Crippen molar-refractivity contribution in [2.75, 3.05) is 13.2 Å². The van der Waals surface area contributed by atoms with E-state index in [2.05, 4.69) is 50.3 Å². The third-order valence-electron chi connectivity index (χ3n) is 11.1. The molecule has 1 heterocycles. The number of esters is 2. The number of unbranched alkanes of at least 4 members (excludes halogenated alkanes) is 14. The minimum absolute atomic E-state index is 0.0174. The van der Waals surface area contributed by atoms with Crippen LogP contribution in [-0.2, 0) is 37.4 Å². The monoisotopic (exact) mass is 901 g/mol. The zero-order valence-electron chi connectivity index (χ0n) is 37.6. The van der Waals surface area contributed by atoms with Crippen molar-refractivity contribution in [3.05, 3.63) is 48.6 Å². The molecule has 0 amide bonds. The van der Waals surface area contributed by atoms with Crippen LogP contribution < -0.4 is 0 Å². The summed E-state index contributed by atoms with van der Waals surface area (Å²) in [5.41, 5.74) is 0. The van der Waals surface area contributed by atoms with Gasteiger partial charge < -0.3 is 44.6 Å². The second-order valence-corrected chi connectivity index (χ2v) is 18.0. The first-order chi connectivity index (χ1) is 29.9. The molecule has 15 heteroatoms. The number of carbonyl (C=O) groups excluding carboxylic acids is 2. The Morgan fingerprint density at radius 3 is 1.74 bits per heavy atom. The summed E-state index contributed by atoms with van der Waals surface area (Å²) in [4.78, 5) is 35.7. The van der Waals surface area contributed by atoms with Crippen molar-refractivity contribution in [2.45, 2.75) is 223 Å². The summed E-state index contributed by atoms with van der Waals surface area (Å²) in [7, 11) is -5.14. The number of allylic oxidation sites excluding steroid dienone is 7. The molecule has 2 fully saturated rings. The van der Waals surface area contributed by atoms with Crippen molar-refractivity contribution in [3.8, 4) is 0 Å². The number of aliphatic hydroxyl groups is 5. The van der Waals surface area contributed by atoms with Crippen LogP contribution in [0.1, 0.15) is 168 Å². The summed E-state index contributed by atoms with van der Waals surface area (Å²) in [5, 5.41) is 50.2. The minimum Gasteiger partial charge on any atom is -0.462 e. The average Bonchev–Trinajstić information content (AvgIpc) is 4.01. The summed E-state index contributed by atoms with van der Waals surface area (Å²) < 4.78 is 39.3. The van der Waals surface area contributed by atoms with Crippen LogP contribution in [0.4, 0.5) is 0 Å². The predicted molar refractivity (Wildman–Crippen MR) is 239 cm³/mol. The van der Waals surface area contributed by atoms with Crippen LogP contribution >= 0.6 is 7.82 Å². The fourth-order valence-corrected chi connectivity index (χ4v) is 8.11. The van der Waals surface area contributed by atoms with Crippen molar-refractivity contribution in [1.29, 1.82) is 0 Å². The number of hydrogen-bond donors (Lipinski definition) is 6. The van der Waals surface area contributed by atoms with E-state index >= 15 is 0 Å². The van der Waals surface area contributed by atoms with E-state index in [0.29, 0.717) is 31.5 Å². The molecule has 2 rings (SSSR count). The lowest BCUT2D eigenvalue weighted by Crippen LogP contribution is -2.64. The van der Waals surface area contributed by atoms with Crippen LogP contribution in [0.3, 0.4) is 0 Å². The highest BCUT2D eigenvalue weighted by atomic mass is 31.2. The van der Waals surface area contributed by atoms with Gasteiger partial charge in [0.2, 0.25) is 0 Å². The van der Waals surface area contributed by atoms with E-state index in [0.717, 1.165) is 64.2 Å². The Bertz CT molecular complexity index is 1340. The molecule has 358 valence electrons. The van der Waals surface area contributed by atoms with E-state index in [-0.39, 0.29) is 12.8 Å². The highest BCUT2D eigenvalue weighted by molar-refractivity contribution is 7.47. The van der Waals surface area contributed by atoms with E-state index < -0.39 is 75.7 Å². The molecular weight excluding hydrogens is 819 g/mol. The zero-order chi connectivity index (χ0) is 45.4. The van der Waals surface area contributed by atoms with Gasteiger partial charge in [0.15, 0.2) is 6.10 Å². The van der Waals surface area contributed by atoms with Gasteiger partial charge in [-0.15, -0.1) is 0 Å². The molecule has 1 saturated heterocycles. The quantitative estimate of drug-likeness (QED) is 0.0114. The molecule has 0 aromatic carbocycles. The second-order valence-electron chi connectivity index (χ2n) is 16.6. The van der Waals surface area contributed by atoms with Gasteiger partial charge in [0.25, 0.3) is 0 Å². The number of ether oxygens (including phenoxy) is 3. The highest BCUT2D eigenvalue weighted by Gasteiger charge is 2.51. The molecule has 1 aliphatic heterocycles. The normalized spacial score (nSPS) is 25.5. The van der Waals surface area contributed by atoms with Crippen molar-refractivity contribution in [3.63, 3.8) is 0 Å². The van der Waals surface area contributed by atoms with E-state index in [1.807, 2.05) is 12.2 Å². The highest BCUT2D eigenvalue weighted by Crippen LogP contribution is 2.47. The number of rotatable bonds is 37. The van der Waals surface area contributed by atoms with Crippen molar-refractivity contribution in [2.24, 2.45) is 0 Å². The fraction of sp³-hybridized carbons (Fsp3) is 0.787. The maximum atomic E-state index is 12.8. The van der Waals surface area contributed by atoms with E-state index in [9.17, 15) is 44.6 Å². The van der Waals surface area contributed by atoms with E-state index in [1.165, 1.54) is 57.8 Å². The minimum atomic E-state index is -5.14. The molecule has 6 N–H and O–H groups in total. The number of aliphatic hydroxyl groups excluding tert-OH is 5. The summed E-state index contributed by atoms with van der Waals surface area (Å²) in [6.07, 6.45) is 27.6. The van der Waals surface area contributed by atoms with Gasteiger partial charge in [-0.2, -0.15) is 0 Å². The Labute approximate surface area is 371 Å². The molecule has 14 nitrogen and oxygen atoms in total. The Hall–Kier alpha value is -2.23. The van der Waals surface area contributed by atoms with Gasteiger partial charge in [-0.1, -0.05) is 133 Å². The van der Waals surface area contributed by atoms with Gasteiger partial charge in [-0.25, -0.2) is 4.57 Å². The summed E-state index contributed by atoms with van der Waals surface area (Å²) in [6, 6.07) is 0. The topological polar surface area (TPSA) is 222 Å². The summed E-state index contributed by atoms with van der Waals surface area (Å²) >= 11 is 0. The van der Waals surface area contributed by atoms with Gasteiger partial charge in [-0.05, 0) is 70.6 Å². The fourth-order valence-electron chi connectivity index (χ4n) is 7.13. The molecule has 0 radical (unpaired) electrons. The second kappa shape index (κ2) is 34.2. The Kier molecular flexibility index (Phi) is 30.8. The van der Waals surface area contributed by atoms with Gasteiger partial charge in [-0.3, -0.25) is 18.6 Å². The zero-order valence-corrected chi connectivity index (χ0v) is 38.5. The molecule has 1 aliphatic carbocycles. The van der Waals surface area contributed by atoms with Gasteiger partial charge in [0.05, 0.1) is 18.8 Å². The maximum absolute atomic E-state index is 12.8. The molecule has 1 saturated carbocycles. The SMILES string of the molecule is CCCCC/C=C\CC1OC1CCCCCCCC(=O)OC[C@H](COP(=O)(O)OC1[C@H](O)[C@H](O)C(O)[C@H](O)[C@H]1O)OC(=O)CCC/C=C\C/C=C\C/C=C\CCCCCCCC. The Balaban J connectivity index is 1.73. The Morgan fingerprint density at radius 2 is 1.08 bits per heavy atom. The van der Waals surface area contributed by atoms with Crippen molar-refractivity contribution >= 4 is 19.8 Å². The molecule has 2 aliphatic rings. The molecule has 0 bridgehead atoms. The first kappa shape index (κ1) is 55.9. The number of phosphoric acid groups is 1. The van der Waals surface area contributed by atoms with E-state index in [4.69, 9.17) is 23.3 Å². The van der Waals surface area contributed by atoms with Crippen LogP contribution in [0.25, 0.3) is 0 Å². The van der Waals surface area contributed by atoms with Crippen molar-refractivity contribution < 1.29 is 67.8 Å². The molecule has 0 aromatic rings. The Morgan fingerprint density at radius 1 is 0.581 bits per heavy atom. The lowest BCUT2D eigenvalue weighted by atomic mass is 9.85. The van der Waals surface area contributed by atoms with Crippen LogP contribution in [0.5, 0.6) is 0 Å². The standard InChI is InChI=1S/C47H81O14P/c1-3-5-7-9-11-12-13-14-15-16-17-18-19-20-21-25-30-34-41(49)59-37(36-58-62(55,56)61-47-45(53)43(51)42(50)44(52)46(47)54)35-57-40(48)33-29-26-22-24-28-32-39-38(60-39)31-27-23-10-8-6-4-2/h14-15,17-18,20-21,23,27,37-39,42-47,50-54H,3-13,16,19,22,24-26,28-36H2,1-2H3,(H,55,56)/b15-14-,18-17-,21-20-,27-23-/t37-,38?,39?,42?,43-,44+,45-,46-,47?/m1/s1. The first-order valence-electron chi connectivity index (χ1n) is 23.6. The van der Waals surface area contributed by atoms with Crippen LogP contribution in [-0.4, -0.2) is 111 Å². The summed E-state index contributed by atoms with van der Waals surface area (Å²) in [5.74, 6) is -1.19. The third-order valence-corrected chi connectivity index (χ3v) is 12.1. The smallest absolute Gasteiger partial charge is 0.462 e. The van der Waals surface area contributed by atoms with Crippen molar-refractivity contribution in [1.82, 2.24) is 0 Å². The molecule has 0 aromatic heterocycles. The molecular formula is C47H81O14P. The third kappa shape index (κ3) is 25.9. The predicted octanol–water partition coefficient (Wildman–Crippen LogP) is 8.16. The summed E-state index contributed by atoms with van der Waals surface area (Å²) in [6.45, 7) is 3.20. The number of phosphoric ester groups is 1. The number of hydrogen-bond acceptors (Lipinski definition) is 13. The molecule has 62 heavy (non-hydrogen) atoms. The lowest BCUT2D eigenvalue weighted by molar-refractivity contribution is -0.220. The molecule has 0 spiro atoms. The maximum Gasteiger partial charge on any atom is 0.472 e. The van der Waals surface area contributed by atoms with Gasteiger partial charge >= 0.3 is 19.8 Å². The van der Waals surface area contributed by atoms with E-state index in [1.54, 1.807) is 0 Å². The van der Waals surface area contributed by atoms with Gasteiger partial charge in [0.1, 0.15) is 43.2 Å². The largest absolute Gasteiger partial charge is 0.472 e. The number of epoxide rings is 1. The van der Waals surface area contributed by atoms with Crippen LogP contribution in [0.2, 0.25) is 0 Å². The van der Waals surface area contributed by atoms with Crippen LogP contribution in [0.15, 0.2) is 48.6 Å². The first-order valence-corrected chi connectivity index (χ1v) is 25.1. The van der Waals surface area contributed by atoms with Crippen LogP contribution in [0, 0.1) is 0 Å². The molecule has 10 atom stereocenters. The molecule has 5 unspecified atom stereocenters. The lowest BCUT2D eigenvalue weighted by Gasteiger charge is -2.41. The van der Waals surface area contributed by atoms with Gasteiger partial charge in [0, 0.05) is 12.8 Å². The number of carbonyl (C=O) groups is 2.